The van der Waals surface area contributed by atoms with Gasteiger partial charge in [0.1, 0.15) is 5.78 Å². The highest BCUT2D eigenvalue weighted by Crippen LogP contribution is 2.38. The number of Topliss-reactive ketones (excluding diaryl/α,β-unsaturated/α-hetero) is 1. The summed E-state index contributed by atoms with van der Waals surface area (Å²) in [5.74, 6) is 1.74. The van der Waals surface area contributed by atoms with Crippen molar-refractivity contribution in [3.05, 3.63) is 54.1 Å². The minimum atomic E-state index is -0.383. The highest BCUT2D eigenvalue weighted by Gasteiger charge is 2.22. The van der Waals surface area contributed by atoms with E-state index < -0.39 is 0 Å². The second kappa shape index (κ2) is 6.60. The first-order valence-corrected chi connectivity index (χ1v) is 8.54. The highest BCUT2D eigenvalue weighted by atomic mass is 32.2. The molecule has 0 saturated carbocycles. The molecule has 1 atom stereocenters. The van der Waals surface area contributed by atoms with Crippen molar-refractivity contribution in [3.63, 3.8) is 0 Å². The molecule has 6 nitrogen and oxygen atoms in total. The molecule has 0 N–H and O–H groups in total. The smallest absolute Gasteiger partial charge is 0.277 e. The van der Waals surface area contributed by atoms with Crippen molar-refractivity contribution in [1.82, 2.24) is 10.2 Å². The second-order valence-electron chi connectivity index (χ2n) is 5.46. The van der Waals surface area contributed by atoms with E-state index in [2.05, 4.69) is 10.2 Å². The third-order valence-electron chi connectivity index (χ3n) is 3.72. The Morgan fingerprint density at radius 2 is 1.88 bits per heavy atom. The Balaban J connectivity index is 1.57. The molecule has 0 fully saturated rings. The summed E-state index contributed by atoms with van der Waals surface area (Å²) in [6.07, 6.45) is 0. The van der Waals surface area contributed by atoms with Gasteiger partial charge in [-0.25, -0.2) is 0 Å². The molecule has 2 heterocycles. The van der Waals surface area contributed by atoms with E-state index in [-0.39, 0.29) is 17.8 Å². The first kappa shape index (κ1) is 15.7. The number of ketones is 1. The van der Waals surface area contributed by atoms with Crippen LogP contribution in [0.3, 0.4) is 0 Å². The number of carbonyl (C=O) groups is 1. The van der Waals surface area contributed by atoms with Crippen molar-refractivity contribution in [2.75, 3.05) is 6.79 Å². The van der Waals surface area contributed by atoms with Crippen LogP contribution in [0.4, 0.5) is 0 Å². The first-order valence-electron chi connectivity index (χ1n) is 7.66. The third-order valence-corrected chi connectivity index (χ3v) is 4.92. The molecule has 2 aromatic carbocycles. The number of hydrogen-bond acceptors (Lipinski definition) is 7. The van der Waals surface area contributed by atoms with Gasteiger partial charge in [0.25, 0.3) is 5.22 Å². The van der Waals surface area contributed by atoms with Crippen LogP contribution < -0.4 is 9.47 Å². The van der Waals surface area contributed by atoms with Gasteiger partial charge in [-0.05, 0) is 42.4 Å². The average molecular weight is 354 g/mol. The molecule has 0 radical (unpaired) electrons. The fourth-order valence-electron chi connectivity index (χ4n) is 2.52. The molecule has 126 valence electrons. The number of fused-ring (bicyclic) bond motifs is 1. The van der Waals surface area contributed by atoms with Crippen LogP contribution in [0.2, 0.25) is 0 Å². The topological polar surface area (TPSA) is 74.5 Å². The zero-order chi connectivity index (χ0) is 17.2. The Morgan fingerprint density at radius 3 is 2.68 bits per heavy atom. The fraction of sp³-hybridized carbons (Fsp3) is 0.167. The number of aromatic nitrogens is 2. The minimum absolute atomic E-state index is 0.0269. The van der Waals surface area contributed by atoms with Crippen LogP contribution in [0.5, 0.6) is 11.5 Å². The van der Waals surface area contributed by atoms with Gasteiger partial charge in [-0.15, -0.1) is 10.2 Å². The number of ether oxygens (including phenoxy) is 2. The molecule has 0 amide bonds. The lowest BCUT2D eigenvalue weighted by atomic mass is 10.1. The summed E-state index contributed by atoms with van der Waals surface area (Å²) in [6.45, 7) is 1.76. The van der Waals surface area contributed by atoms with Crippen LogP contribution >= 0.6 is 11.8 Å². The maximum absolute atomic E-state index is 12.0. The molecule has 7 heteroatoms. The summed E-state index contributed by atoms with van der Waals surface area (Å²) in [5.41, 5.74) is 1.64. The maximum Gasteiger partial charge on any atom is 0.277 e. The Kier molecular flexibility index (Phi) is 4.15. The van der Waals surface area contributed by atoms with E-state index in [1.807, 2.05) is 36.4 Å². The lowest BCUT2D eigenvalue weighted by Crippen LogP contribution is -2.04. The first-order chi connectivity index (χ1) is 12.2. The molecule has 1 aromatic heterocycles. The molecule has 4 rings (SSSR count). The summed E-state index contributed by atoms with van der Waals surface area (Å²) >= 11 is 1.25. The van der Waals surface area contributed by atoms with Crippen LogP contribution in [0.15, 0.2) is 58.2 Å². The van der Waals surface area contributed by atoms with E-state index in [0.717, 1.165) is 11.1 Å². The Hall–Kier alpha value is -2.80. The monoisotopic (exact) mass is 354 g/mol. The number of rotatable bonds is 5. The zero-order valence-corrected chi connectivity index (χ0v) is 14.2. The highest BCUT2D eigenvalue weighted by molar-refractivity contribution is 8.00. The number of benzene rings is 2. The minimum Gasteiger partial charge on any atom is -0.454 e. The summed E-state index contributed by atoms with van der Waals surface area (Å²) in [5, 5.41) is 8.09. The quantitative estimate of drug-likeness (QED) is 0.644. The number of carbonyl (C=O) groups excluding carboxylic acids is 1. The largest absolute Gasteiger partial charge is 0.454 e. The molecule has 1 aliphatic heterocycles. The normalized spacial score (nSPS) is 13.6. The van der Waals surface area contributed by atoms with Gasteiger partial charge in [0, 0.05) is 5.56 Å². The van der Waals surface area contributed by atoms with Gasteiger partial charge < -0.3 is 13.9 Å². The number of hydrogen-bond donors (Lipinski definition) is 0. The average Bonchev–Trinajstić information content (AvgIpc) is 3.28. The molecule has 0 bridgehead atoms. The molecule has 0 unspecified atom stereocenters. The number of thioether (sulfide) groups is 1. The molecule has 0 spiro atoms. The molecule has 3 aromatic rings. The zero-order valence-electron chi connectivity index (χ0n) is 13.3. The van der Waals surface area contributed by atoms with Gasteiger partial charge in [-0.3, -0.25) is 4.79 Å². The molecule has 0 saturated heterocycles. The lowest BCUT2D eigenvalue weighted by Gasteiger charge is -2.10. The van der Waals surface area contributed by atoms with Gasteiger partial charge in [0.05, 0.1) is 5.25 Å². The number of nitrogens with zero attached hydrogens (tertiary/aromatic N) is 2. The lowest BCUT2D eigenvalue weighted by molar-refractivity contribution is -0.116. The molecular formula is C18H14N2O4S. The molecule has 0 aliphatic carbocycles. The van der Waals surface area contributed by atoms with Gasteiger partial charge in [-0.2, -0.15) is 0 Å². The summed E-state index contributed by atoms with van der Waals surface area (Å²) in [6, 6.07) is 15.0. The Labute approximate surface area is 148 Å². The maximum atomic E-state index is 12.0. The van der Waals surface area contributed by atoms with E-state index in [1.165, 1.54) is 11.8 Å². The van der Waals surface area contributed by atoms with Crippen molar-refractivity contribution in [2.45, 2.75) is 17.4 Å². The van der Waals surface area contributed by atoms with Crippen molar-refractivity contribution in [2.24, 2.45) is 0 Å². The van der Waals surface area contributed by atoms with E-state index in [1.54, 1.807) is 19.1 Å². The summed E-state index contributed by atoms with van der Waals surface area (Å²) < 4.78 is 16.4. The SMILES string of the molecule is CC(=O)[C@H](Sc1nnc(-c2ccc3c(c2)OCO3)o1)c1ccccc1. The molecule has 25 heavy (non-hydrogen) atoms. The van der Waals surface area contributed by atoms with Crippen molar-refractivity contribution in [3.8, 4) is 23.0 Å². The van der Waals surface area contributed by atoms with E-state index in [9.17, 15) is 4.79 Å². The molecular weight excluding hydrogens is 340 g/mol. The predicted octanol–water partition coefficient (Wildman–Crippen LogP) is 3.89. The van der Waals surface area contributed by atoms with E-state index >= 15 is 0 Å². The van der Waals surface area contributed by atoms with Crippen LogP contribution in [-0.2, 0) is 4.79 Å². The van der Waals surface area contributed by atoms with Crippen molar-refractivity contribution < 1.29 is 18.7 Å². The van der Waals surface area contributed by atoms with Crippen LogP contribution in [-0.4, -0.2) is 22.8 Å². The van der Waals surface area contributed by atoms with Crippen LogP contribution in [0, 0.1) is 0 Å². The summed E-state index contributed by atoms with van der Waals surface area (Å²) in [7, 11) is 0. The second-order valence-corrected chi connectivity index (χ2v) is 6.52. The Bertz CT molecular complexity index is 910. The molecule has 1 aliphatic rings. The standard InChI is InChI=1S/C18H14N2O4S/c1-11(21)16(12-5-3-2-4-6-12)25-18-20-19-17(24-18)13-7-8-14-15(9-13)23-10-22-14/h2-9,16H,10H2,1H3/t16-/m0/s1. The van der Waals surface area contributed by atoms with Crippen molar-refractivity contribution >= 4 is 17.5 Å². The van der Waals surface area contributed by atoms with Gasteiger partial charge >= 0.3 is 0 Å². The van der Waals surface area contributed by atoms with E-state index in [4.69, 9.17) is 13.9 Å². The summed E-state index contributed by atoms with van der Waals surface area (Å²) in [4.78, 5) is 12.0. The van der Waals surface area contributed by atoms with Crippen LogP contribution in [0.1, 0.15) is 17.7 Å². The van der Waals surface area contributed by atoms with Crippen molar-refractivity contribution in [1.29, 1.82) is 0 Å². The van der Waals surface area contributed by atoms with Gasteiger partial charge in [0.2, 0.25) is 12.7 Å². The van der Waals surface area contributed by atoms with Crippen LogP contribution in [0.25, 0.3) is 11.5 Å². The van der Waals surface area contributed by atoms with Gasteiger partial charge in [-0.1, -0.05) is 30.3 Å². The van der Waals surface area contributed by atoms with E-state index in [0.29, 0.717) is 22.6 Å². The predicted molar refractivity (Wildman–Crippen MR) is 91.6 cm³/mol. The Morgan fingerprint density at radius 1 is 1.08 bits per heavy atom. The van der Waals surface area contributed by atoms with Gasteiger partial charge in [0.15, 0.2) is 11.5 Å². The third kappa shape index (κ3) is 3.23. The fourth-order valence-corrected chi connectivity index (χ4v) is 3.39.